The number of aromatic nitrogens is 1. The number of aryl methyl sites for hydroxylation is 2. The molecule has 1 N–H and O–H groups in total. The number of aliphatic hydroxyl groups excluding tert-OH is 1. The number of non-ortho nitro benzene ring substituents is 1. The van der Waals surface area contributed by atoms with E-state index < -0.39 is 34.4 Å². The van der Waals surface area contributed by atoms with Crippen LogP contribution >= 0.6 is 11.3 Å². The third-order valence-electron chi connectivity index (χ3n) is 7.04. The van der Waals surface area contributed by atoms with E-state index in [9.17, 15) is 29.6 Å². The van der Waals surface area contributed by atoms with Gasteiger partial charge >= 0.3 is 11.9 Å². The Balaban J connectivity index is 1.59. The summed E-state index contributed by atoms with van der Waals surface area (Å²) in [5, 5.41) is 23.2. The van der Waals surface area contributed by atoms with Crippen LogP contribution in [0.1, 0.15) is 43.7 Å². The number of nitrogens with zero attached hydrogens (tertiary/aromatic N) is 3. The summed E-state index contributed by atoms with van der Waals surface area (Å²) in [6.45, 7) is 7.12. The molecule has 1 fully saturated rings. The van der Waals surface area contributed by atoms with Crippen molar-refractivity contribution in [3.05, 3.63) is 134 Å². The van der Waals surface area contributed by atoms with Gasteiger partial charge in [0.1, 0.15) is 29.6 Å². The summed E-state index contributed by atoms with van der Waals surface area (Å²) >= 11 is 0.826. The highest BCUT2D eigenvalue weighted by atomic mass is 32.1. The molecule has 1 aliphatic rings. The molecule has 0 radical (unpaired) electrons. The van der Waals surface area contributed by atoms with E-state index in [1.54, 1.807) is 32.0 Å². The van der Waals surface area contributed by atoms with Gasteiger partial charge in [-0.2, -0.15) is 0 Å². The lowest BCUT2D eigenvalue weighted by molar-refractivity contribution is -0.384. The Morgan fingerprint density at radius 3 is 2.56 bits per heavy atom. The van der Waals surface area contributed by atoms with Gasteiger partial charge < -0.3 is 14.6 Å². The maximum absolute atomic E-state index is 13.6. The molecule has 1 amide bonds. The number of hydrogen-bond acceptors (Lipinski definition) is 10. The van der Waals surface area contributed by atoms with E-state index >= 15 is 0 Å². The molecule has 0 saturated carbocycles. The normalized spacial score (nSPS) is 15.6. The van der Waals surface area contributed by atoms with Gasteiger partial charge in [-0.1, -0.05) is 66.5 Å². The zero-order valence-corrected chi connectivity index (χ0v) is 25.1. The van der Waals surface area contributed by atoms with E-state index in [0.717, 1.165) is 21.8 Å². The van der Waals surface area contributed by atoms with E-state index in [1.807, 2.05) is 30.3 Å². The van der Waals surface area contributed by atoms with Crippen LogP contribution in [0.5, 0.6) is 5.75 Å². The Morgan fingerprint density at radius 2 is 1.87 bits per heavy atom. The summed E-state index contributed by atoms with van der Waals surface area (Å²) < 4.78 is 11.1. The number of ketones is 1. The third-order valence-corrected chi connectivity index (χ3v) is 8.17. The summed E-state index contributed by atoms with van der Waals surface area (Å²) in [5.41, 5.74) is 1.74. The molecule has 1 unspecified atom stereocenters. The largest absolute Gasteiger partial charge is 0.507 e. The first-order chi connectivity index (χ1) is 21.6. The minimum atomic E-state index is -1.29. The number of carbonyl (C=O) groups is 3. The van der Waals surface area contributed by atoms with Crippen molar-refractivity contribution in [2.45, 2.75) is 26.5 Å². The van der Waals surface area contributed by atoms with Crippen LogP contribution in [0.15, 0.2) is 91.0 Å². The predicted molar refractivity (Wildman–Crippen MR) is 167 cm³/mol. The van der Waals surface area contributed by atoms with E-state index in [1.165, 1.54) is 30.3 Å². The van der Waals surface area contributed by atoms with Crippen molar-refractivity contribution in [1.29, 1.82) is 0 Å². The molecule has 5 rings (SSSR count). The number of thiazole rings is 1. The standard InChI is InChI=1S/C33H27N3O8S/c1-4-15-43-32(40)30-20(3)34-33(45-30)35-27(22-11-8-12-24(17-22)36(41)42)26(29(38)31(35)39)28(37)23-13-14-25(19(2)16-23)44-18-21-9-6-5-7-10-21/h4-14,16-17,27,37H,1,15,18H2,2-3H3/b28-26+. The summed E-state index contributed by atoms with van der Waals surface area (Å²) in [5.74, 6) is -2.66. The maximum atomic E-state index is 13.6. The average molecular weight is 626 g/mol. The van der Waals surface area contributed by atoms with Gasteiger partial charge in [-0.15, -0.1) is 0 Å². The van der Waals surface area contributed by atoms with Crippen molar-refractivity contribution < 1.29 is 33.9 Å². The Labute approximate surface area is 261 Å². The fourth-order valence-electron chi connectivity index (χ4n) is 4.88. The van der Waals surface area contributed by atoms with E-state index in [0.29, 0.717) is 17.9 Å². The number of aliphatic hydroxyl groups is 1. The number of amides is 1. The van der Waals surface area contributed by atoms with Crippen LogP contribution in [0.25, 0.3) is 5.76 Å². The second-order valence-electron chi connectivity index (χ2n) is 10.1. The Morgan fingerprint density at radius 1 is 1.11 bits per heavy atom. The number of benzene rings is 3. The summed E-state index contributed by atoms with van der Waals surface area (Å²) in [6, 6.07) is 18.5. The average Bonchev–Trinajstić information content (AvgIpc) is 3.55. The van der Waals surface area contributed by atoms with Crippen molar-refractivity contribution in [2.75, 3.05) is 11.5 Å². The zero-order chi connectivity index (χ0) is 32.2. The van der Waals surface area contributed by atoms with E-state index in [-0.39, 0.29) is 44.7 Å². The molecule has 45 heavy (non-hydrogen) atoms. The second-order valence-corrected chi connectivity index (χ2v) is 11.1. The van der Waals surface area contributed by atoms with Crippen LogP contribution in [-0.4, -0.2) is 39.3 Å². The predicted octanol–water partition coefficient (Wildman–Crippen LogP) is 6.22. The number of esters is 1. The van der Waals surface area contributed by atoms with Gasteiger partial charge in [-0.3, -0.25) is 24.6 Å². The van der Waals surface area contributed by atoms with Crippen LogP contribution < -0.4 is 9.64 Å². The Bertz CT molecular complexity index is 1860. The molecule has 12 heteroatoms. The van der Waals surface area contributed by atoms with Gasteiger partial charge in [0.05, 0.1) is 22.2 Å². The molecule has 1 atom stereocenters. The topological polar surface area (TPSA) is 149 Å². The Kier molecular flexibility index (Phi) is 8.86. The summed E-state index contributed by atoms with van der Waals surface area (Å²) in [7, 11) is 0. The number of carbonyl (C=O) groups excluding carboxylic acids is 3. The van der Waals surface area contributed by atoms with Gasteiger partial charge in [0, 0.05) is 17.7 Å². The minimum absolute atomic E-state index is 0.0171. The first-order valence-corrected chi connectivity index (χ1v) is 14.5. The Hall–Kier alpha value is -5.62. The molecule has 0 aliphatic carbocycles. The third kappa shape index (κ3) is 6.22. The molecule has 2 heterocycles. The summed E-state index contributed by atoms with van der Waals surface area (Å²) in [6.07, 6.45) is 1.40. The maximum Gasteiger partial charge on any atom is 0.350 e. The number of Topliss-reactive ketones (excluding diaryl/α,β-unsaturated/α-hetero) is 1. The van der Waals surface area contributed by atoms with Crippen LogP contribution in [-0.2, 0) is 20.9 Å². The lowest BCUT2D eigenvalue weighted by Crippen LogP contribution is -2.29. The van der Waals surface area contributed by atoms with E-state index in [2.05, 4.69) is 11.6 Å². The molecule has 228 valence electrons. The number of rotatable bonds is 10. The van der Waals surface area contributed by atoms with Crippen LogP contribution in [0.4, 0.5) is 10.8 Å². The number of ether oxygens (including phenoxy) is 2. The number of nitro groups is 1. The van der Waals surface area contributed by atoms with Gasteiger partial charge in [-0.05, 0) is 48.7 Å². The van der Waals surface area contributed by atoms with Crippen LogP contribution in [0, 0.1) is 24.0 Å². The molecule has 1 saturated heterocycles. The lowest BCUT2D eigenvalue weighted by Gasteiger charge is -2.23. The molecular formula is C33H27N3O8S. The molecule has 11 nitrogen and oxygen atoms in total. The number of nitro benzene ring substituents is 1. The zero-order valence-electron chi connectivity index (χ0n) is 24.3. The number of hydrogen-bond donors (Lipinski definition) is 1. The fraction of sp³-hybridized carbons (Fsp3) is 0.152. The van der Waals surface area contributed by atoms with Gasteiger partial charge in [0.2, 0.25) is 0 Å². The number of anilines is 1. The first-order valence-electron chi connectivity index (χ1n) is 13.7. The second kappa shape index (κ2) is 12.9. The fourth-order valence-corrected chi connectivity index (χ4v) is 5.87. The first kappa shape index (κ1) is 30.8. The monoisotopic (exact) mass is 625 g/mol. The lowest BCUT2D eigenvalue weighted by atomic mass is 9.94. The quantitative estimate of drug-likeness (QED) is 0.0412. The molecule has 0 spiro atoms. The SMILES string of the molecule is C=CCOC(=O)c1sc(N2C(=O)C(=O)/C(=C(/O)c3ccc(OCc4ccccc4)c(C)c3)C2c2cccc([N+](=O)[O-])c2)nc1C. The highest BCUT2D eigenvalue weighted by molar-refractivity contribution is 7.17. The van der Waals surface area contributed by atoms with Gasteiger partial charge in [0.25, 0.3) is 11.5 Å². The molecule has 1 aliphatic heterocycles. The molecule has 4 aromatic rings. The van der Waals surface area contributed by atoms with E-state index in [4.69, 9.17) is 9.47 Å². The van der Waals surface area contributed by atoms with Crippen LogP contribution in [0.3, 0.4) is 0 Å². The molecular weight excluding hydrogens is 598 g/mol. The molecule has 1 aromatic heterocycles. The smallest absolute Gasteiger partial charge is 0.350 e. The van der Waals surface area contributed by atoms with Gasteiger partial charge in [0.15, 0.2) is 5.13 Å². The van der Waals surface area contributed by atoms with Crippen molar-refractivity contribution in [1.82, 2.24) is 4.98 Å². The molecule has 3 aromatic carbocycles. The van der Waals surface area contributed by atoms with Crippen molar-refractivity contribution in [2.24, 2.45) is 0 Å². The van der Waals surface area contributed by atoms with Crippen molar-refractivity contribution in [3.63, 3.8) is 0 Å². The van der Waals surface area contributed by atoms with Crippen LogP contribution in [0.2, 0.25) is 0 Å². The van der Waals surface area contributed by atoms with Crippen molar-refractivity contribution in [3.8, 4) is 5.75 Å². The molecule has 0 bridgehead atoms. The summed E-state index contributed by atoms with van der Waals surface area (Å²) in [4.78, 5) is 56.3. The minimum Gasteiger partial charge on any atom is -0.507 e. The van der Waals surface area contributed by atoms with Crippen molar-refractivity contribution >= 4 is 45.6 Å². The highest BCUT2D eigenvalue weighted by Gasteiger charge is 2.48. The van der Waals surface area contributed by atoms with Gasteiger partial charge in [-0.25, -0.2) is 9.78 Å². The highest BCUT2D eigenvalue weighted by Crippen LogP contribution is 2.44.